The molecule has 0 heterocycles. The number of sulfonamides is 1. The van der Waals surface area contributed by atoms with Gasteiger partial charge < -0.3 is 0 Å². The second-order valence-corrected chi connectivity index (χ2v) is 7.46. The molecule has 0 amide bonds. The molecule has 1 atom stereocenters. The van der Waals surface area contributed by atoms with E-state index in [2.05, 4.69) is 20.7 Å². The van der Waals surface area contributed by atoms with Crippen LogP contribution in [0.5, 0.6) is 0 Å². The van der Waals surface area contributed by atoms with Gasteiger partial charge in [0.25, 0.3) is 0 Å². The molecule has 3 nitrogen and oxygen atoms in total. The van der Waals surface area contributed by atoms with Gasteiger partial charge in [-0.05, 0) is 52.5 Å². The van der Waals surface area contributed by atoms with Crippen LogP contribution in [0.25, 0.3) is 0 Å². The van der Waals surface area contributed by atoms with Crippen LogP contribution in [0.2, 0.25) is 0 Å². The van der Waals surface area contributed by atoms with Crippen LogP contribution in [0, 0.1) is 6.92 Å². The summed E-state index contributed by atoms with van der Waals surface area (Å²) in [6.07, 6.45) is 0.687. The van der Waals surface area contributed by atoms with E-state index >= 15 is 0 Å². The molecule has 0 aliphatic rings. The minimum Gasteiger partial charge on any atom is -0.207 e. The van der Waals surface area contributed by atoms with E-state index in [1.54, 1.807) is 18.2 Å². The summed E-state index contributed by atoms with van der Waals surface area (Å²) in [6, 6.07) is 14.6. The Morgan fingerprint density at radius 1 is 1.14 bits per heavy atom. The van der Waals surface area contributed by atoms with E-state index in [4.69, 9.17) is 0 Å². The molecule has 21 heavy (non-hydrogen) atoms. The smallest absolute Gasteiger partial charge is 0.207 e. The summed E-state index contributed by atoms with van der Waals surface area (Å²) in [5.41, 5.74) is 1.97. The fourth-order valence-electron chi connectivity index (χ4n) is 2.15. The molecule has 1 unspecified atom stereocenters. The van der Waals surface area contributed by atoms with Crippen molar-refractivity contribution in [3.05, 3.63) is 64.1 Å². The van der Waals surface area contributed by atoms with Gasteiger partial charge in [-0.25, -0.2) is 13.1 Å². The van der Waals surface area contributed by atoms with Crippen molar-refractivity contribution in [2.75, 3.05) is 0 Å². The number of aryl methyl sites for hydroxylation is 1. The average Bonchev–Trinajstić information content (AvgIpc) is 2.45. The summed E-state index contributed by atoms with van der Waals surface area (Å²) in [5.74, 6) is 0. The third-order valence-electron chi connectivity index (χ3n) is 3.28. The summed E-state index contributed by atoms with van der Waals surface area (Å²) in [7, 11) is -3.56. The maximum absolute atomic E-state index is 12.6. The predicted octanol–water partition coefficient (Wildman–Crippen LogP) is 4.19. The highest BCUT2D eigenvalue weighted by Crippen LogP contribution is 2.25. The van der Waals surface area contributed by atoms with E-state index in [9.17, 15) is 8.42 Å². The first kappa shape index (κ1) is 16.2. The molecule has 0 saturated heterocycles. The average molecular weight is 368 g/mol. The van der Waals surface area contributed by atoms with Crippen molar-refractivity contribution in [1.82, 2.24) is 4.72 Å². The van der Waals surface area contributed by atoms with Gasteiger partial charge in [-0.1, -0.05) is 43.3 Å². The van der Waals surface area contributed by atoms with E-state index in [-0.39, 0.29) is 10.9 Å². The lowest BCUT2D eigenvalue weighted by molar-refractivity contribution is 0.549. The molecule has 0 aliphatic heterocycles. The van der Waals surface area contributed by atoms with Gasteiger partial charge in [-0.3, -0.25) is 0 Å². The quantitative estimate of drug-likeness (QED) is 0.860. The Balaban J connectivity index is 2.32. The maximum atomic E-state index is 12.6. The molecule has 2 aromatic rings. The zero-order valence-corrected chi connectivity index (χ0v) is 14.4. The van der Waals surface area contributed by atoms with Crippen LogP contribution < -0.4 is 4.72 Å². The number of benzene rings is 2. The van der Waals surface area contributed by atoms with Crippen LogP contribution in [0.3, 0.4) is 0 Å². The summed E-state index contributed by atoms with van der Waals surface area (Å²) >= 11 is 3.33. The third-order valence-corrected chi connectivity index (χ3v) is 5.73. The van der Waals surface area contributed by atoms with E-state index in [0.717, 1.165) is 11.1 Å². The van der Waals surface area contributed by atoms with Crippen molar-refractivity contribution < 1.29 is 8.42 Å². The van der Waals surface area contributed by atoms with Crippen molar-refractivity contribution in [3.8, 4) is 0 Å². The van der Waals surface area contributed by atoms with Crippen LogP contribution in [-0.2, 0) is 10.0 Å². The fourth-order valence-corrected chi connectivity index (χ4v) is 4.65. The molecule has 112 valence electrons. The number of hydrogen-bond acceptors (Lipinski definition) is 2. The Bertz CT molecular complexity index is 714. The van der Waals surface area contributed by atoms with E-state index in [1.807, 2.05) is 44.2 Å². The lowest BCUT2D eigenvalue weighted by Gasteiger charge is -2.18. The molecule has 0 aromatic heterocycles. The Labute approximate surface area is 134 Å². The van der Waals surface area contributed by atoms with Gasteiger partial charge in [0.2, 0.25) is 10.0 Å². The van der Waals surface area contributed by atoms with Crippen LogP contribution >= 0.6 is 15.9 Å². The lowest BCUT2D eigenvalue weighted by Crippen LogP contribution is -2.28. The second-order valence-electron chi connectivity index (χ2n) is 4.93. The van der Waals surface area contributed by atoms with Crippen LogP contribution in [0.15, 0.2) is 57.9 Å². The Kier molecular flexibility index (Phi) is 5.19. The van der Waals surface area contributed by atoms with Gasteiger partial charge in [0.05, 0.1) is 4.90 Å². The minimum atomic E-state index is -3.56. The molecule has 0 bridgehead atoms. The molecular formula is C16H18BrNO2S. The van der Waals surface area contributed by atoms with E-state index in [1.165, 1.54) is 0 Å². The van der Waals surface area contributed by atoms with Gasteiger partial charge >= 0.3 is 0 Å². The van der Waals surface area contributed by atoms with Crippen LogP contribution in [0.4, 0.5) is 0 Å². The van der Waals surface area contributed by atoms with Crippen molar-refractivity contribution in [3.63, 3.8) is 0 Å². The van der Waals surface area contributed by atoms with Gasteiger partial charge in [0.1, 0.15) is 0 Å². The second kappa shape index (κ2) is 6.73. The molecule has 0 radical (unpaired) electrons. The SMILES string of the molecule is CCC(NS(=O)(=O)c1ccc(C)cc1Br)c1ccccc1. The number of nitrogens with one attached hydrogen (secondary N) is 1. The number of hydrogen-bond donors (Lipinski definition) is 1. The van der Waals surface area contributed by atoms with Gasteiger partial charge in [0, 0.05) is 10.5 Å². The molecular weight excluding hydrogens is 350 g/mol. The normalized spacial score (nSPS) is 13.1. The topological polar surface area (TPSA) is 46.2 Å². The van der Waals surface area contributed by atoms with Crippen molar-refractivity contribution >= 4 is 26.0 Å². The monoisotopic (exact) mass is 367 g/mol. The highest BCUT2D eigenvalue weighted by Gasteiger charge is 2.22. The fraction of sp³-hybridized carbons (Fsp3) is 0.250. The lowest BCUT2D eigenvalue weighted by atomic mass is 10.1. The molecule has 1 N–H and O–H groups in total. The number of halogens is 1. The minimum absolute atomic E-state index is 0.232. The summed E-state index contributed by atoms with van der Waals surface area (Å²) in [5, 5.41) is 0. The Morgan fingerprint density at radius 3 is 2.38 bits per heavy atom. The first-order valence-corrected chi connectivity index (χ1v) is 9.05. The zero-order chi connectivity index (χ0) is 15.5. The zero-order valence-electron chi connectivity index (χ0n) is 12.0. The highest BCUT2D eigenvalue weighted by molar-refractivity contribution is 9.10. The molecule has 2 aromatic carbocycles. The Morgan fingerprint density at radius 2 is 1.81 bits per heavy atom. The summed E-state index contributed by atoms with van der Waals surface area (Å²) in [4.78, 5) is 0.266. The molecule has 5 heteroatoms. The molecule has 0 saturated carbocycles. The molecule has 0 fully saturated rings. The summed E-state index contributed by atoms with van der Waals surface area (Å²) in [6.45, 7) is 3.89. The summed E-state index contributed by atoms with van der Waals surface area (Å²) < 4.78 is 28.5. The predicted molar refractivity (Wildman–Crippen MR) is 88.7 cm³/mol. The van der Waals surface area contributed by atoms with Gasteiger partial charge in [0.15, 0.2) is 0 Å². The Hall–Kier alpha value is -1.17. The third kappa shape index (κ3) is 3.93. The van der Waals surface area contributed by atoms with E-state index in [0.29, 0.717) is 10.9 Å². The largest absolute Gasteiger partial charge is 0.242 e. The number of rotatable bonds is 5. The first-order valence-electron chi connectivity index (χ1n) is 6.77. The maximum Gasteiger partial charge on any atom is 0.242 e. The molecule has 0 aliphatic carbocycles. The van der Waals surface area contributed by atoms with Gasteiger partial charge in [-0.15, -0.1) is 0 Å². The van der Waals surface area contributed by atoms with Crippen molar-refractivity contribution in [1.29, 1.82) is 0 Å². The van der Waals surface area contributed by atoms with Crippen LogP contribution in [0.1, 0.15) is 30.5 Å². The van der Waals surface area contributed by atoms with Crippen molar-refractivity contribution in [2.45, 2.75) is 31.2 Å². The molecule has 0 spiro atoms. The van der Waals surface area contributed by atoms with Crippen LogP contribution in [-0.4, -0.2) is 8.42 Å². The molecule has 2 rings (SSSR count). The van der Waals surface area contributed by atoms with Gasteiger partial charge in [-0.2, -0.15) is 0 Å². The standard InChI is InChI=1S/C16H18BrNO2S/c1-3-15(13-7-5-4-6-8-13)18-21(19,20)16-10-9-12(2)11-14(16)17/h4-11,15,18H,3H2,1-2H3. The van der Waals surface area contributed by atoms with Crippen molar-refractivity contribution in [2.24, 2.45) is 0 Å². The highest BCUT2D eigenvalue weighted by atomic mass is 79.9. The first-order chi connectivity index (χ1) is 9.94. The van der Waals surface area contributed by atoms with E-state index < -0.39 is 10.0 Å².